The Kier molecular flexibility index (Phi) is 33.7. The maximum Gasteiger partial charge on any atom is 4.00 e. The number of oxazole rings is 1. The molecule has 16 heavy (non-hydrogen) atoms. The van der Waals surface area contributed by atoms with E-state index >= 15 is 0 Å². The van der Waals surface area contributed by atoms with Crippen molar-refractivity contribution in [3.8, 4) is 0 Å². The Hall–Kier alpha value is 0.564. The van der Waals surface area contributed by atoms with Crippen LogP contribution in [0.1, 0.15) is 13.8 Å². The van der Waals surface area contributed by atoms with Crippen molar-refractivity contribution in [3.05, 3.63) is 30.7 Å². The molecule has 1 aromatic carbocycles. The van der Waals surface area contributed by atoms with Crippen LogP contribution in [0.25, 0.3) is 11.1 Å². The van der Waals surface area contributed by atoms with Gasteiger partial charge in [-0.05, 0) is 11.1 Å². The van der Waals surface area contributed by atoms with Gasteiger partial charge in [0.2, 0.25) is 0 Å². The molecule has 2 aromatic rings. The molecule has 0 fully saturated rings. The summed E-state index contributed by atoms with van der Waals surface area (Å²) in [6.07, 6.45) is 2.41. The first-order valence-corrected chi connectivity index (χ1v) is 3.68. The van der Waals surface area contributed by atoms with Crippen LogP contribution < -0.4 is 49.6 Å². The van der Waals surface area contributed by atoms with Gasteiger partial charge in [0.15, 0.2) is 0 Å². The number of benzene rings is 1. The molecule has 1 heterocycles. The van der Waals surface area contributed by atoms with Crippen LogP contribution in [0.4, 0.5) is 0 Å². The van der Waals surface area contributed by atoms with E-state index in [0.717, 1.165) is 11.1 Å². The van der Waals surface area contributed by atoms with E-state index in [-0.39, 0.29) is 71.3 Å². The van der Waals surface area contributed by atoms with Crippen molar-refractivity contribution in [3.63, 3.8) is 0 Å². The Balaban J connectivity index is -0.0000000550. The summed E-state index contributed by atoms with van der Waals surface area (Å²) in [5.74, 6) is 0. The molecule has 0 saturated carbocycles. The van der Waals surface area contributed by atoms with Gasteiger partial charge in [-0.15, -0.1) is 6.07 Å². The first kappa shape index (κ1) is 30.0. The molecule has 0 aliphatic heterocycles. The molecule has 0 saturated heterocycles. The molecule has 0 aliphatic rings. The molecule has 0 N–H and O–H groups in total. The van der Waals surface area contributed by atoms with E-state index in [2.05, 4.69) is 11.4 Å². The van der Waals surface area contributed by atoms with Crippen LogP contribution in [0, 0.1) is 6.39 Å². The number of halogens is 4. The summed E-state index contributed by atoms with van der Waals surface area (Å²) in [5.41, 5.74) is 1.65. The van der Waals surface area contributed by atoms with Gasteiger partial charge in [-0.3, -0.25) is 0 Å². The zero-order valence-corrected chi connectivity index (χ0v) is 13.3. The molecular weight excluding hydrogens is 328 g/mol. The van der Waals surface area contributed by atoms with Gasteiger partial charge in [-0.25, -0.2) is 0 Å². The number of aromatic nitrogens is 1. The number of fused-ring (bicyclic) bond motifs is 1. The first-order valence-electron chi connectivity index (χ1n) is 3.68. The maximum atomic E-state index is 4.88. The number of para-hydroxylation sites is 2. The van der Waals surface area contributed by atoms with Gasteiger partial charge in [-0.1, -0.05) is 32.0 Å². The van der Waals surface area contributed by atoms with Crippen LogP contribution in [-0.2, 0) is 21.7 Å². The van der Waals surface area contributed by atoms with Gasteiger partial charge in [0.1, 0.15) is 6.39 Å². The second kappa shape index (κ2) is 17.9. The normalized spacial score (nSPS) is 6.12. The molecule has 0 bridgehead atoms. The molecule has 7 heteroatoms. The summed E-state index contributed by atoms with van der Waals surface area (Å²) >= 11 is 0. The van der Waals surface area contributed by atoms with Crippen LogP contribution in [0.5, 0.6) is 0 Å². The zero-order chi connectivity index (χ0) is 8.10. The fraction of sp³-hybridized carbons (Fsp3) is 0.222. The SMILES string of the molecule is CC.[Cl-].[Cl-].[Cl-].[Cl-].[Ti+4].[c-]1nc2ccccc2o1. The smallest absolute Gasteiger partial charge is 1.00 e. The Morgan fingerprint density at radius 2 is 1.50 bits per heavy atom. The number of nitrogens with zero attached hydrogens (tertiary/aromatic N) is 1. The summed E-state index contributed by atoms with van der Waals surface area (Å²) in [6.45, 7) is 4.00. The Morgan fingerprint density at radius 1 is 1.00 bits per heavy atom. The van der Waals surface area contributed by atoms with E-state index in [1.54, 1.807) is 0 Å². The third kappa shape index (κ3) is 8.69. The van der Waals surface area contributed by atoms with E-state index in [4.69, 9.17) is 4.42 Å². The van der Waals surface area contributed by atoms with Crippen LogP contribution >= 0.6 is 0 Å². The summed E-state index contributed by atoms with van der Waals surface area (Å²) in [6, 6.07) is 7.56. The van der Waals surface area contributed by atoms with Crippen molar-refractivity contribution in [2.24, 2.45) is 0 Å². The predicted molar refractivity (Wildman–Crippen MR) is 44.2 cm³/mol. The van der Waals surface area contributed by atoms with Gasteiger partial charge < -0.3 is 59.0 Å². The van der Waals surface area contributed by atoms with E-state index in [9.17, 15) is 0 Å². The molecule has 0 amide bonds. The monoisotopic (exact) mass is 336 g/mol. The number of hydrogen-bond donors (Lipinski definition) is 0. The summed E-state index contributed by atoms with van der Waals surface area (Å²) in [4.78, 5) is 3.83. The average molecular weight is 338 g/mol. The molecule has 0 unspecified atom stereocenters. The molecule has 0 radical (unpaired) electrons. The molecule has 2 nitrogen and oxygen atoms in total. The van der Waals surface area contributed by atoms with E-state index in [1.807, 2.05) is 38.1 Å². The Bertz CT molecular complexity index is 301. The van der Waals surface area contributed by atoms with Crippen molar-refractivity contribution in [2.75, 3.05) is 0 Å². The molecule has 0 aliphatic carbocycles. The minimum atomic E-state index is 0. The number of rotatable bonds is 0. The van der Waals surface area contributed by atoms with Crippen LogP contribution in [0.3, 0.4) is 0 Å². The quantitative estimate of drug-likeness (QED) is 0.352. The summed E-state index contributed by atoms with van der Waals surface area (Å²) in [5, 5.41) is 0. The first-order chi connectivity index (χ1) is 5.47. The molecule has 2 rings (SSSR count). The van der Waals surface area contributed by atoms with E-state index in [1.165, 1.54) is 0 Å². The van der Waals surface area contributed by atoms with Crippen molar-refractivity contribution >= 4 is 11.1 Å². The van der Waals surface area contributed by atoms with Crippen LogP contribution in [0.15, 0.2) is 28.7 Å². The van der Waals surface area contributed by atoms with Gasteiger partial charge in [0.25, 0.3) is 0 Å². The second-order valence-electron chi connectivity index (χ2n) is 1.77. The molecular formula is C9H10Cl4NOTi-. The van der Waals surface area contributed by atoms with Gasteiger partial charge >= 0.3 is 21.7 Å². The molecule has 0 spiro atoms. The maximum absolute atomic E-state index is 4.88. The van der Waals surface area contributed by atoms with Crippen LogP contribution in [-0.4, -0.2) is 4.98 Å². The molecule has 0 atom stereocenters. The van der Waals surface area contributed by atoms with Crippen molar-refractivity contribution in [1.29, 1.82) is 0 Å². The van der Waals surface area contributed by atoms with E-state index in [0.29, 0.717) is 0 Å². The average Bonchev–Trinajstić information content (AvgIpc) is 2.55. The van der Waals surface area contributed by atoms with Crippen LogP contribution in [0.2, 0.25) is 0 Å². The Labute approximate surface area is 135 Å². The van der Waals surface area contributed by atoms with Crippen molar-refractivity contribution in [1.82, 2.24) is 4.98 Å². The second-order valence-corrected chi connectivity index (χ2v) is 1.77. The van der Waals surface area contributed by atoms with Gasteiger partial charge in [-0.2, -0.15) is 0 Å². The fourth-order valence-corrected chi connectivity index (χ4v) is 0.757. The minimum absolute atomic E-state index is 0. The largest absolute Gasteiger partial charge is 4.00 e. The zero-order valence-electron chi connectivity index (χ0n) is 8.68. The molecule has 1 aromatic heterocycles. The number of hydrogen-bond acceptors (Lipinski definition) is 2. The van der Waals surface area contributed by atoms with Crippen molar-refractivity contribution in [2.45, 2.75) is 13.8 Å². The third-order valence-electron chi connectivity index (χ3n) is 1.19. The van der Waals surface area contributed by atoms with Gasteiger partial charge in [0, 0.05) is 0 Å². The van der Waals surface area contributed by atoms with Crippen molar-refractivity contribution < 1.29 is 75.8 Å². The summed E-state index contributed by atoms with van der Waals surface area (Å²) in [7, 11) is 0. The Morgan fingerprint density at radius 3 is 2.00 bits per heavy atom. The van der Waals surface area contributed by atoms with E-state index < -0.39 is 0 Å². The topological polar surface area (TPSA) is 26.0 Å². The minimum Gasteiger partial charge on any atom is -1.00 e. The fourth-order valence-electron chi connectivity index (χ4n) is 0.757. The molecule has 90 valence electrons. The third-order valence-corrected chi connectivity index (χ3v) is 1.19. The van der Waals surface area contributed by atoms with Gasteiger partial charge in [0.05, 0.1) is 0 Å². The summed E-state index contributed by atoms with van der Waals surface area (Å²) < 4.78 is 4.88. The predicted octanol–water partition coefficient (Wildman–Crippen LogP) is -9.33. The standard InChI is InChI=1S/C7H4NO.C2H6.4ClH.Ti/c1-2-4-7-6(3-1)8-5-9-7;1-2;;;;;/h1-4H;1-2H3;4*1H;/q-1;;;;;;+4/p-4.